The van der Waals surface area contributed by atoms with E-state index >= 15 is 0 Å². The molecule has 0 saturated carbocycles. The Morgan fingerprint density at radius 2 is 1.59 bits per heavy atom. The fourth-order valence-electron chi connectivity index (χ4n) is 4.45. The highest BCUT2D eigenvalue weighted by molar-refractivity contribution is 8.26. The summed E-state index contributed by atoms with van der Waals surface area (Å²) in [5.41, 5.74) is 4.65. The van der Waals surface area contributed by atoms with Crippen LogP contribution in [0.1, 0.15) is 22.3 Å². The molecule has 3 aromatic rings. The summed E-state index contributed by atoms with van der Waals surface area (Å²) in [7, 11) is 0. The summed E-state index contributed by atoms with van der Waals surface area (Å²) in [4.78, 5) is 43.1. The molecule has 37 heavy (non-hydrogen) atoms. The van der Waals surface area contributed by atoms with E-state index in [9.17, 15) is 18.8 Å². The van der Waals surface area contributed by atoms with Gasteiger partial charge in [-0.15, -0.1) is 0 Å². The number of hydrogen-bond donors (Lipinski definition) is 1. The van der Waals surface area contributed by atoms with Gasteiger partial charge in [-0.25, -0.2) is 4.39 Å². The second-order valence-corrected chi connectivity index (χ2v) is 10.5. The Morgan fingerprint density at radius 1 is 0.919 bits per heavy atom. The second kappa shape index (κ2) is 9.91. The normalized spacial score (nSPS) is 17.0. The molecule has 0 bridgehead atoms. The van der Waals surface area contributed by atoms with Crippen molar-refractivity contribution in [3.8, 4) is 0 Å². The van der Waals surface area contributed by atoms with E-state index < -0.39 is 5.91 Å². The summed E-state index contributed by atoms with van der Waals surface area (Å²) >= 11 is 6.52. The van der Waals surface area contributed by atoms with E-state index in [1.807, 2.05) is 32.0 Å². The summed E-state index contributed by atoms with van der Waals surface area (Å²) < 4.78 is 13.6. The van der Waals surface area contributed by atoms with Crippen molar-refractivity contribution in [2.75, 3.05) is 16.8 Å². The maximum Gasteiger partial charge on any atom is 0.267 e. The van der Waals surface area contributed by atoms with Gasteiger partial charge in [-0.3, -0.25) is 24.2 Å². The van der Waals surface area contributed by atoms with Crippen molar-refractivity contribution in [1.82, 2.24) is 4.90 Å². The molecule has 2 aliphatic rings. The lowest BCUT2D eigenvalue weighted by Gasteiger charge is -2.18. The number of benzene rings is 3. The molecule has 6 nitrogen and oxygen atoms in total. The summed E-state index contributed by atoms with van der Waals surface area (Å²) in [5, 5.41) is 2.92. The maximum atomic E-state index is 13.6. The van der Waals surface area contributed by atoms with Gasteiger partial charge in [-0.2, -0.15) is 0 Å². The van der Waals surface area contributed by atoms with Crippen molar-refractivity contribution >= 4 is 63.0 Å². The molecule has 1 N–H and O–H groups in total. The smallest absolute Gasteiger partial charge is 0.267 e. The van der Waals surface area contributed by atoms with Crippen LogP contribution in [0.15, 0.2) is 71.6 Å². The highest BCUT2D eigenvalue weighted by atomic mass is 32.2. The molecule has 0 spiro atoms. The Labute approximate surface area is 223 Å². The lowest BCUT2D eigenvalue weighted by molar-refractivity contribution is -0.122. The number of carbonyl (C=O) groups is 3. The van der Waals surface area contributed by atoms with Crippen LogP contribution < -0.4 is 10.2 Å². The van der Waals surface area contributed by atoms with Crippen LogP contribution in [-0.4, -0.2) is 33.5 Å². The number of fused-ring (bicyclic) bond motifs is 1. The fourth-order valence-corrected chi connectivity index (χ4v) is 5.78. The van der Waals surface area contributed by atoms with Crippen LogP contribution >= 0.6 is 24.0 Å². The molecule has 5 rings (SSSR count). The average molecular weight is 532 g/mol. The van der Waals surface area contributed by atoms with E-state index in [0.717, 1.165) is 22.9 Å². The lowest BCUT2D eigenvalue weighted by atomic mass is 10.1. The Kier molecular flexibility index (Phi) is 6.66. The van der Waals surface area contributed by atoms with Crippen LogP contribution in [0, 0.1) is 19.7 Å². The first kappa shape index (κ1) is 24.9. The first-order chi connectivity index (χ1) is 17.7. The van der Waals surface area contributed by atoms with Gasteiger partial charge in [0.25, 0.3) is 11.8 Å². The van der Waals surface area contributed by atoms with Crippen LogP contribution in [0.25, 0.3) is 5.57 Å². The number of thiocarbonyl (C=S) groups is 1. The molecule has 1 fully saturated rings. The zero-order chi connectivity index (χ0) is 26.3. The van der Waals surface area contributed by atoms with Gasteiger partial charge < -0.3 is 5.32 Å². The van der Waals surface area contributed by atoms with Crippen molar-refractivity contribution in [3.63, 3.8) is 0 Å². The Bertz CT molecular complexity index is 1480. The van der Waals surface area contributed by atoms with E-state index in [1.54, 1.807) is 36.4 Å². The third-order valence-corrected chi connectivity index (χ3v) is 7.75. The number of carbonyl (C=O) groups excluding carboxylic acids is 3. The predicted molar refractivity (Wildman–Crippen MR) is 147 cm³/mol. The van der Waals surface area contributed by atoms with Crippen LogP contribution in [0.4, 0.5) is 15.8 Å². The van der Waals surface area contributed by atoms with E-state index in [2.05, 4.69) is 5.32 Å². The number of para-hydroxylation sites is 2. The average Bonchev–Trinajstić information content (AvgIpc) is 3.30. The van der Waals surface area contributed by atoms with Crippen molar-refractivity contribution < 1.29 is 18.8 Å². The summed E-state index contributed by atoms with van der Waals surface area (Å²) in [6, 6.07) is 18.6. The molecule has 3 aromatic carbocycles. The zero-order valence-corrected chi connectivity index (χ0v) is 21.7. The Morgan fingerprint density at radius 3 is 2.30 bits per heavy atom. The zero-order valence-electron chi connectivity index (χ0n) is 20.1. The van der Waals surface area contributed by atoms with Gasteiger partial charge in [0.1, 0.15) is 16.7 Å². The second-order valence-electron chi connectivity index (χ2n) is 8.81. The first-order valence-corrected chi connectivity index (χ1v) is 12.8. The molecule has 0 atom stereocenters. The topological polar surface area (TPSA) is 69.7 Å². The molecule has 0 aliphatic carbocycles. The van der Waals surface area contributed by atoms with Gasteiger partial charge in [0.05, 0.1) is 22.7 Å². The van der Waals surface area contributed by atoms with Crippen molar-refractivity contribution in [3.05, 3.63) is 99.7 Å². The number of thioether (sulfide) groups is 1. The highest BCUT2D eigenvalue weighted by Gasteiger charge is 2.42. The molecular weight excluding hydrogens is 509 g/mol. The summed E-state index contributed by atoms with van der Waals surface area (Å²) in [5.74, 6) is -1.53. The number of rotatable bonds is 5. The van der Waals surface area contributed by atoms with Gasteiger partial charge in [-0.05, 0) is 48.7 Å². The number of amides is 3. The largest absolute Gasteiger partial charge is 0.324 e. The number of halogens is 1. The maximum absolute atomic E-state index is 13.6. The van der Waals surface area contributed by atoms with Gasteiger partial charge in [0.15, 0.2) is 0 Å². The Balaban J connectivity index is 1.43. The molecule has 2 heterocycles. The fraction of sp³-hybridized carbons (Fsp3) is 0.143. The number of nitrogens with one attached hydrogen (secondary N) is 1. The molecule has 3 amide bonds. The van der Waals surface area contributed by atoms with Gasteiger partial charge in [0.2, 0.25) is 5.91 Å². The van der Waals surface area contributed by atoms with Crippen molar-refractivity contribution in [2.24, 2.45) is 0 Å². The van der Waals surface area contributed by atoms with Crippen LogP contribution in [0.5, 0.6) is 0 Å². The van der Waals surface area contributed by atoms with E-state index in [1.165, 1.54) is 21.9 Å². The monoisotopic (exact) mass is 531 g/mol. The SMILES string of the molecule is Cc1cccc(C)c1NC(=O)CN1C(=O)/C(=C2/SC(=S)N(Cc3ccc(F)cc3)C2=O)c2ccccc21. The molecular formula is C28H22FN3O3S2. The standard InChI is InChI=1S/C28H22FN3O3S2/c1-16-6-5-7-17(2)24(16)30-22(33)15-31-21-9-4-3-8-20(21)23(26(31)34)25-27(35)32(28(36)37-25)14-18-10-12-19(29)13-11-18/h3-13H,14-15H2,1-2H3,(H,30,33)/b25-23+. The first-order valence-electron chi connectivity index (χ1n) is 11.5. The van der Waals surface area contributed by atoms with Gasteiger partial charge >= 0.3 is 0 Å². The minimum Gasteiger partial charge on any atom is -0.324 e. The summed E-state index contributed by atoms with van der Waals surface area (Å²) in [6.07, 6.45) is 0. The van der Waals surface area contributed by atoms with Crippen LogP contribution in [0.2, 0.25) is 0 Å². The van der Waals surface area contributed by atoms with Gasteiger partial charge in [0, 0.05) is 11.3 Å². The minimum absolute atomic E-state index is 0.166. The van der Waals surface area contributed by atoms with Gasteiger partial charge in [-0.1, -0.05) is 72.5 Å². The van der Waals surface area contributed by atoms with E-state index in [0.29, 0.717) is 26.8 Å². The Hall–Kier alpha value is -3.82. The van der Waals surface area contributed by atoms with E-state index in [4.69, 9.17) is 12.2 Å². The molecule has 186 valence electrons. The molecule has 0 unspecified atom stereocenters. The number of aryl methyl sites for hydroxylation is 2. The van der Waals surface area contributed by atoms with Crippen molar-refractivity contribution in [2.45, 2.75) is 20.4 Å². The molecule has 0 radical (unpaired) electrons. The lowest BCUT2D eigenvalue weighted by Crippen LogP contribution is -2.36. The third kappa shape index (κ3) is 4.68. The highest BCUT2D eigenvalue weighted by Crippen LogP contribution is 2.44. The minimum atomic E-state index is -0.430. The molecule has 9 heteroatoms. The van der Waals surface area contributed by atoms with Crippen LogP contribution in [0.3, 0.4) is 0 Å². The third-order valence-electron chi connectivity index (χ3n) is 6.30. The molecule has 2 aliphatic heterocycles. The van der Waals surface area contributed by atoms with Crippen molar-refractivity contribution in [1.29, 1.82) is 0 Å². The molecule has 0 aromatic heterocycles. The van der Waals surface area contributed by atoms with E-state index in [-0.39, 0.29) is 41.2 Å². The number of nitrogens with zero attached hydrogens (tertiary/aromatic N) is 2. The number of hydrogen-bond acceptors (Lipinski definition) is 5. The summed E-state index contributed by atoms with van der Waals surface area (Å²) in [6.45, 7) is 3.78. The quantitative estimate of drug-likeness (QED) is 0.362. The van der Waals surface area contributed by atoms with Crippen LogP contribution in [-0.2, 0) is 20.9 Å². The molecule has 1 saturated heterocycles. The predicted octanol–water partition coefficient (Wildman–Crippen LogP) is 5.20. The number of anilines is 2.